The molecule has 0 aliphatic carbocycles. The summed E-state index contributed by atoms with van der Waals surface area (Å²) in [6.45, 7) is 2.85. The van der Waals surface area contributed by atoms with E-state index in [2.05, 4.69) is 27.1 Å². The van der Waals surface area contributed by atoms with Gasteiger partial charge in [-0.05, 0) is 55.7 Å². The Bertz CT molecular complexity index is 1170. The molecule has 2 aromatic carbocycles. The fourth-order valence-electron chi connectivity index (χ4n) is 3.54. The van der Waals surface area contributed by atoms with Gasteiger partial charge in [0.05, 0.1) is 11.3 Å². The number of hydrogen-bond donors (Lipinski definition) is 2. The molecule has 0 saturated carbocycles. The largest absolute Gasteiger partial charge is 0.457 e. The predicted octanol–water partition coefficient (Wildman–Crippen LogP) is 3.72. The van der Waals surface area contributed by atoms with Gasteiger partial charge in [0.1, 0.15) is 23.6 Å². The maximum atomic E-state index is 12.0. The van der Waals surface area contributed by atoms with E-state index in [1.165, 1.54) is 6.33 Å². The topological polar surface area (TPSA) is 91.2 Å². The zero-order valence-corrected chi connectivity index (χ0v) is 17.7. The third kappa shape index (κ3) is 4.93. The Labute approximate surface area is 187 Å². The number of anilines is 1. The van der Waals surface area contributed by atoms with Gasteiger partial charge in [0.25, 0.3) is 5.91 Å². The maximum Gasteiger partial charge on any atom is 0.298 e. The van der Waals surface area contributed by atoms with Crippen molar-refractivity contribution in [3.8, 4) is 23.3 Å². The van der Waals surface area contributed by atoms with Crippen molar-refractivity contribution < 1.29 is 9.53 Å². The Morgan fingerprint density at radius 3 is 2.66 bits per heavy atom. The molecular formula is C25H23N5O2. The first-order valence-electron chi connectivity index (χ1n) is 10.3. The van der Waals surface area contributed by atoms with E-state index in [1.807, 2.05) is 54.6 Å². The molecule has 4 rings (SSSR count). The van der Waals surface area contributed by atoms with Crippen LogP contribution in [0.5, 0.6) is 11.5 Å². The Morgan fingerprint density at radius 2 is 1.91 bits per heavy atom. The van der Waals surface area contributed by atoms with E-state index in [4.69, 9.17) is 10.1 Å². The van der Waals surface area contributed by atoms with E-state index in [1.54, 1.807) is 18.0 Å². The van der Waals surface area contributed by atoms with E-state index < -0.39 is 0 Å². The molecule has 1 atom stereocenters. The molecule has 0 spiro atoms. The van der Waals surface area contributed by atoms with Crippen LogP contribution in [0.25, 0.3) is 0 Å². The fourth-order valence-corrected chi connectivity index (χ4v) is 3.54. The number of carbonyl (C=O) groups is 1. The molecular weight excluding hydrogens is 402 g/mol. The Kier molecular flexibility index (Phi) is 6.42. The number of nitrogens with zero attached hydrogens (tertiary/aromatic N) is 3. The summed E-state index contributed by atoms with van der Waals surface area (Å²) in [6.07, 6.45) is 3.88. The summed E-state index contributed by atoms with van der Waals surface area (Å²) in [4.78, 5) is 22.2. The summed E-state index contributed by atoms with van der Waals surface area (Å²) < 4.78 is 5.83. The van der Waals surface area contributed by atoms with Crippen LogP contribution in [-0.2, 0) is 4.79 Å². The highest BCUT2D eigenvalue weighted by Crippen LogP contribution is 2.24. The quantitative estimate of drug-likeness (QED) is 0.464. The van der Waals surface area contributed by atoms with Crippen molar-refractivity contribution in [1.82, 2.24) is 14.9 Å². The number of para-hydroxylation sites is 1. The Balaban J connectivity index is 1.45. The van der Waals surface area contributed by atoms with Crippen LogP contribution in [0.15, 0.2) is 67.1 Å². The van der Waals surface area contributed by atoms with E-state index in [9.17, 15) is 4.79 Å². The van der Waals surface area contributed by atoms with E-state index in [-0.39, 0.29) is 11.9 Å². The number of ether oxygens (including phenoxy) is 1. The zero-order valence-electron chi connectivity index (χ0n) is 17.7. The molecule has 1 amide bonds. The van der Waals surface area contributed by atoms with Gasteiger partial charge in [-0.3, -0.25) is 10.2 Å². The van der Waals surface area contributed by atoms with Gasteiger partial charge < -0.3 is 15.0 Å². The summed E-state index contributed by atoms with van der Waals surface area (Å²) in [5, 5.41) is 12.1. The number of aromatic nitrogens is 2. The molecule has 7 heteroatoms. The van der Waals surface area contributed by atoms with Gasteiger partial charge in [0, 0.05) is 30.9 Å². The molecule has 1 saturated heterocycles. The van der Waals surface area contributed by atoms with Gasteiger partial charge in [-0.25, -0.2) is 9.97 Å². The first kappa shape index (κ1) is 21.1. The summed E-state index contributed by atoms with van der Waals surface area (Å²) in [5.41, 5.74) is 1.63. The van der Waals surface area contributed by atoms with Crippen LogP contribution in [-0.4, -0.2) is 45.6 Å². The second-order valence-corrected chi connectivity index (χ2v) is 7.36. The molecule has 1 aromatic heterocycles. The van der Waals surface area contributed by atoms with Crippen LogP contribution in [0.3, 0.4) is 0 Å². The summed E-state index contributed by atoms with van der Waals surface area (Å²) in [5.74, 6) is 7.10. The van der Waals surface area contributed by atoms with Crippen molar-refractivity contribution >= 4 is 17.4 Å². The standard InChI is InChI=1S/C25H23N5O2/c1-2-6-23(31)30-14-13-19(16-30)29-25-22(15-27-17-28-25)24(26)18-9-11-21(12-10-18)32-20-7-4-3-5-8-20/h3-5,7-12,15,17,19,26H,13-14,16H2,1H3,(H,27,28,29). The molecule has 2 N–H and O–H groups in total. The second kappa shape index (κ2) is 9.75. The van der Waals surface area contributed by atoms with Crippen LogP contribution in [0.1, 0.15) is 24.5 Å². The molecule has 1 fully saturated rings. The van der Waals surface area contributed by atoms with Crippen molar-refractivity contribution in [2.75, 3.05) is 18.4 Å². The van der Waals surface area contributed by atoms with Gasteiger partial charge in [0.15, 0.2) is 0 Å². The van der Waals surface area contributed by atoms with Crippen molar-refractivity contribution in [2.45, 2.75) is 19.4 Å². The van der Waals surface area contributed by atoms with Crippen molar-refractivity contribution in [3.05, 3.63) is 78.2 Å². The molecule has 0 bridgehead atoms. The number of hydrogen-bond acceptors (Lipinski definition) is 6. The molecule has 160 valence electrons. The second-order valence-electron chi connectivity index (χ2n) is 7.36. The van der Waals surface area contributed by atoms with E-state index in [0.717, 1.165) is 17.7 Å². The highest BCUT2D eigenvalue weighted by Gasteiger charge is 2.26. The molecule has 32 heavy (non-hydrogen) atoms. The molecule has 1 unspecified atom stereocenters. The average molecular weight is 425 g/mol. The van der Waals surface area contributed by atoms with Gasteiger partial charge in [-0.15, -0.1) is 0 Å². The third-order valence-corrected chi connectivity index (χ3v) is 5.15. The zero-order chi connectivity index (χ0) is 22.3. The lowest BCUT2D eigenvalue weighted by Gasteiger charge is -2.17. The minimum atomic E-state index is -0.162. The SMILES string of the molecule is CC#CC(=O)N1CCC(Nc2ncncc2C(=N)c2ccc(Oc3ccccc3)cc2)C1. The predicted molar refractivity (Wildman–Crippen MR) is 123 cm³/mol. The van der Waals surface area contributed by atoms with Crippen molar-refractivity contribution in [1.29, 1.82) is 5.41 Å². The molecule has 2 heterocycles. The lowest BCUT2D eigenvalue weighted by Crippen LogP contribution is -2.31. The van der Waals surface area contributed by atoms with Gasteiger partial charge in [0.2, 0.25) is 0 Å². The Morgan fingerprint density at radius 1 is 1.16 bits per heavy atom. The summed E-state index contributed by atoms with van der Waals surface area (Å²) >= 11 is 0. The minimum Gasteiger partial charge on any atom is -0.457 e. The first-order chi connectivity index (χ1) is 15.6. The Hall–Kier alpha value is -4.18. The highest BCUT2D eigenvalue weighted by atomic mass is 16.5. The number of benzene rings is 2. The first-order valence-corrected chi connectivity index (χ1v) is 10.3. The number of amides is 1. The van der Waals surface area contributed by atoms with Gasteiger partial charge in [-0.1, -0.05) is 24.1 Å². The van der Waals surface area contributed by atoms with E-state index >= 15 is 0 Å². The van der Waals surface area contributed by atoms with Gasteiger partial charge >= 0.3 is 0 Å². The summed E-state index contributed by atoms with van der Waals surface area (Å²) in [6, 6.07) is 17.0. The smallest absolute Gasteiger partial charge is 0.298 e. The number of nitrogens with one attached hydrogen (secondary N) is 2. The van der Waals surface area contributed by atoms with Crippen LogP contribution >= 0.6 is 0 Å². The van der Waals surface area contributed by atoms with E-state index in [0.29, 0.717) is 35.9 Å². The number of carbonyl (C=O) groups excluding carboxylic acids is 1. The minimum absolute atomic E-state index is 0.0423. The van der Waals surface area contributed by atoms with Crippen LogP contribution < -0.4 is 10.1 Å². The fraction of sp³-hybridized carbons (Fsp3) is 0.200. The summed E-state index contributed by atoms with van der Waals surface area (Å²) in [7, 11) is 0. The molecule has 0 radical (unpaired) electrons. The molecule has 3 aromatic rings. The normalized spacial score (nSPS) is 14.9. The van der Waals surface area contributed by atoms with Crippen molar-refractivity contribution in [2.24, 2.45) is 0 Å². The van der Waals surface area contributed by atoms with Crippen LogP contribution in [0, 0.1) is 17.3 Å². The number of likely N-dealkylation sites (tertiary alicyclic amines) is 1. The highest BCUT2D eigenvalue weighted by molar-refractivity contribution is 6.13. The average Bonchev–Trinajstić information content (AvgIpc) is 3.29. The lowest BCUT2D eigenvalue weighted by molar-refractivity contribution is -0.124. The monoisotopic (exact) mass is 425 g/mol. The molecule has 7 nitrogen and oxygen atoms in total. The lowest BCUT2D eigenvalue weighted by atomic mass is 10.0. The molecule has 1 aliphatic heterocycles. The maximum absolute atomic E-state index is 12.0. The van der Waals surface area contributed by atoms with Crippen LogP contribution in [0.4, 0.5) is 5.82 Å². The van der Waals surface area contributed by atoms with Crippen LogP contribution in [0.2, 0.25) is 0 Å². The number of rotatable bonds is 6. The molecule has 1 aliphatic rings. The third-order valence-electron chi connectivity index (χ3n) is 5.15. The van der Waals surface area contributed by atoms with Gasteiger partial charge in [-0.2, -0.15) is 0 Å². The van der Waals surface area contributed by atoms with Crippen molar-refractivity contribution in [3.63, 3.8) is 0 Å².